The molecule has 1 aromatic rings. The first kappa shape index (κ1) is 14.5. The van der Waals surface area contributed by atoms with Gasteiger partial charge in [-0.1, -0.05) is 0 Å². The summed E-state index contributed by atoms with van der Waals surface area (Å²) in [5.41, 5.74) is 5.22. The number of rotatable bonds is 4. The average Bonchev–Trinajstić information content (AvgIpc) is 2.94. The Morgan fingerprint density at radius 2 is 2.10 bits per heavy atom. The minimum Gasteiger partial charge on any atom is -0.481 e. The number of aliphatic carboxylic acids is 1. The third-order valence-electron chi connectivity index (χ3n) is 3.37. The van der Waals surface area contributed by atoms with Gasteiger partial charge in [0.25, 0.3) is 5.91 Å². The van der Waals surface area contributed by atoms with Gasteiger partial charge in [0, 0.05) is 26.3 Å². The van der Waals surface area contributed by atoms with Gasteiger partial charge in [-0.3, -0.25) is 9.59 Å². The number of sulfonamides is 1. The molecule has 1 amide bonds. The summed E-state index contributed by atoms with van der Waals surface area (Å²) in [5.74, 6) is -2.42. The lowest BCUT2D eigenvalue weighted by Gasteiger charge is -2.14. The molecule has 0 spiro atoms. The number of nitrogens with two attached hydrogens (primary N) is 1. The molecule has 0 saturated carbocycles. The highest BCUT2D eigenvalue weighted by Crippen LogP contribution is 2.25. The molecule has 1 fully saturated rings. The molecule has 20 heavy (non-hydrogen) atoms. The summed E-state index contributed by atoms with van der Waals surface area (Å²) >= 11 is 0. The van der Waals surface area contributed by atoms with Crippen LogP contribution in [0.25, 0.3) is 0 Å². The van der Waals surface area contributed by atoms with Gasteiger partial charge < -0.3 is 15.4 Å². The molecule has 110 valence electrons. The van der Waals surface area contributed by atoms with Crippen molar-refractivity contribution in [3.63, 3.8) is 0 Å². The molecule has 8 nitrogen and oxygen atoms in total. The van der Waals surface area contributed by atoms with Crippen LogP contribution in [0.4, 0.5) is 0 Å². The molecular weight excluding hydrogens is 286 g/mol. The highest BCUT2D eigenvalue weighted by molar-refractivity contribution is 7.89. The van der Waals surface area contributed by atoms with Crippen LogP contribution in [-0.4, -0.2) is 47.4 Å². The van der Waals surface area contributed by atoms with Gasteiger partial charge in [0.2, 0.25) is 10.0 Å². The van der Waals surface area contributed by atoms with Crippen LogP contribution < -0.4 is 5.73 Å². The van der Waals surface area contributed by atoms with E-state index in [1.165, 1.54) is 23.9 Å². The molecule has 2 heterocycles. The first-order chi connectivity index (χ1) is 9.23. The van der Waals surface area contributed by atoms with Gasteiger partial charge in [-0.25, -0.2) is 8.42 Å². The number of primary amides is 1. The highest BCUT2D eigenvalue weighted by atomic mass is 32.2. The molecule has 1 atom stereocenters. The summed E-state index contributed by atoms with van der Waals surface area (Å²) in [6, 6.07) is 1.20. The molecule has 0 bridgehead atoms. The molecule has 0 aliphatic carbocycles. The molecule has 1 aliphatic rings. The number of carbonyl (C=O) groups excluding carboxylic acids is 1. The second-order valence-corrected chi connectivity index (χ2v) is 6.66. The molecule has 1 saturated heterocycles. The number of hydrogen-bond acceptors (Lipinski definition) is 4. The summed E-state index contributed by atoms with van der Waals surface area (Å²) in [7, 11) is -2.28. The van der Waals surface area contributed by atoms with Crippen LogP contribution in [0, 0.1) is 5.92 Å². The number of aryl methyl sites for hydroxylation is 1. The number of nitrogens with zero attached hydrogens (tertiary/aromatic N) is 2. The minimum atomic E-state index is -3.80. The van der Waals surface area contributed by atoms with Crippen molar-refractivity contribution in [3.05, 3.63) is 18.0 Å². The maximum absolute atomic E-state index is 12.4. The van der Waals surface area contributed by atoms with Crippen molar-refractivity contribution in [3.8, 4) is 0 Å². The summed E-state index contributed by atoms with van der Waals surface area (Å²) < 4.78 is 27.2. The smallest absolute Gasteiger partial charge is 0.307 e. The SMILES string of the molecule is Cn1cc(S(=O)(=O)N2CCC(C(=O)O)C2)cc1C(N)=O. The van der Waals surface area contributed by atoms with Crippen LogP contribution in [0.15, 0.2) is 17.2 Å². The molecule has 0 aromatic carbocycles. The molecular formula is C11H15N3O5S. The molecule has 9 heteroatoms. The van der Waals surface area contributed by atoms with E-state index < -0.39 is 27.8 Å². The topological polar surface area (TPSA) is 123 Å². The fourth-order valence-corrected chi connectivity index (χ4v) is 3.79. The number of amides is 1. The largest absolute Gasteiger partial charge is 0.481 e. The predicted octanol–water partition coefficient (Wildman–Crippen LogP) is -0.781. The van der Waals surface area contributed by atoms with E-state index in [0.29, 0.717) is 0 Å². The van der Waals surface area contributed by atoms with Crippen LogP contribution in [0.2, 0.25) is 0 Å². The quantitative estimate of drug-likeness (QED) is 0.755. The monoisotopic (exact) mass is 301 g/mol. The Morgan fingerprint density at radius 3 is 2.55 bits per heavy atom. The van der Waals surface area contributed by atoms with Crippen molar-refractivity contribution in [1.82, 2.24) is 8.87 Å². The first-order valence-corrected chi connectivity index (χ1v) is 7.36. The van der Waals surface area contributed by atoms with Crippen molar-refractivity contribution in [2.75, 3.05) is 13.1 Å². The normalized spacial score (nSPS) is 20.1. The zero-order chi connectivity index (χ0) is 15.1. The number of aromatic nitrogens is 1. The third-order valence-corrected chi connectivity index (χ3v) is 5.20. The summed E-state index contributed by atoms with van der Waals surface area (Å²) in [4.78, 5) is 22.0. The van der Waals surface area contributed by atoms with Crippen molar-refractivity contribution >= 4 is 21.9 Å². The lowest BCUT2D eigenvalue weighted by Crippen LogP contribution is -2.29. The van der Waals surface area contributed by atoms with E-state index in [-0.39, 0.29) is 30.1 Å². The number of carbonyl (C=O) groups is 2. The van der Waals surface area contributed by atoms with Crippen LogP contribution in [0.5, 0.6) is 0 Å². The van der Waals surface area contributed by atoms with E-state index in [2.05, 4.69) is 0 Å². The van der Waals surface area contributed by atoms with E-state index in [4.69, 9.17) is 10.8 Å². The Hall–Kier alpha value is -1.87. The molecule has 1 unspecified atom stereocenters. The molecule has 2 rings (SSSR count). The Balaban J connectivity index is 2.30. The standard InChI is InChI=1S/C11H15N3O5S/c1-13-6-8(4-9(13)10(12)15)20(18,19)14-3-2-7(5-14)11(16)17/h4,6-7H,2-3,5H2,1H3,(H2,12,15)(H,16,17). The minimum absolute atomic E-state index is 0.0557. The summed E-state index contributed by atoms with van der Waals surface area (Å²) in [5, 5.41) is 8.90. The lowest BCUT2D eigenvalue weighted by atomic mass is 10.1. The number of carboxylic acids is 1. The van der Waals surface area contributed by atoms with Gasteiger partial charge in [0.1, 0.15) is 10.6 Å². The Kier molecular flexibility index (Phi) is 3.57. The van der Waals surface area contributed by atoms with Gasteiger partial charge in [0.05, 0.1) is 5.92 Å². The zero-order valence-electron chi connectivity index (χ0n) is 10.8. The van der Waals surface area contributed by atoms with Crippen LogP contribution in [0.3, 0.4) is 0 Å². The fraction of sp³-hybridized carbons (Fsp3) is 0.455. The van der Waals surface area contributed by atoms with Crippen molar-refractivity contribution < 1.29 is 23.1 Å². The molecule has 3 N–H and O–H groups in total. The van der Waals surface area contributed by atoms with Gasteiger partial charge >= 0.3 is 5.97 Å². The zero-order valence-corrected chi connectivity index (χ0v) is 11.6. The predicted molar refractivity (Wildman–Crippen MR) is 68.4 cm³/mol. The maximum Gasteiger partial charge on any atom is 0.307 e. The van der Waals surface area contributed by atoms with Gasteiger partial charge in [-0.2, -0.15) is 4.31 Å². The van der Waals surface area contributed by atoms with Gasteiger partial charge in [0.15, 0.2) is 0 Å². The Bertz CT molecular complexity index is 664. The van der Waals surface area contributed by atoms with Crippen LogP contribution in [-0.2, 0) is 21.9 Å². The number of hydrogen-bond donors (Lipinski definition) is 2. The Labute approximate surface area is 115 Å². The number of carboxylic acid groups (broad SMARTS) is 1. The van der Waals surface area contributed by atoms with Gasteiger partial charge in [-0.15, -0.1) is 0 Å². The average molecular weight is 301 g/mol. The second kappa shape index (κ2) is 4.91. The lowest BCUT2D eigenvalue weighted by molar-refractivity contribution is -0.141. The van der Waals surface area contributed by atoms with Crippen molar-refractivity contribution in [1.29, 1.82) is 0 Å². The maximum atomic E-state index is 12.4. The summed E-state index contributed by atoms with van der Waals surface area (Å²) in [6.45, 7) is 0.0958. The third kappa shape index (κ3) is 2.41. The van der Waals surface area contributed by atoms with Crippen LogP contribution in [0.1, 0.15) is 16.9 Å². The molecule has 1 aliphatic heterocycles. The van der Waals surface area contributed by atoms with Crippen molar-refractivity contribution in [2.45, 2.75) is 11.3 Å². The van der Waals surface area contributed by atoms with E-state index in [9.17, 15) is 18.0 Å². The molecule has 0 radical (unpaired) electrons. The van der Waals surface area contributed by atoms with Crippen LogP contribution >= 0.6 is 0 Å². The van der Waals surface area contributed by atoms with E-state index in [1.807, 2.05) is 0 Å². The van der Waals surface area contributed by atoms with Gasteiger partial charge in [-0.05, 0) is 12.5 Å². The first-order valence-electron chi connectivity index (χ1n) is 5.92. The second-order valence-electron chi connectivity index (χ2n) is 4.72. The van der Waals surface area contributed by atoms with E-state index >= 15 is 0 Å². The highest BCUT2D eigenvalue weighted by Gasteiger charge is 2.36. The molecule has 1 aromatic heterocycles. The van der Waals surface area contributed by atoms with E-state index in [0.717, 1.165) is 4.31 Å². The fourth-order valence-electron chi connectivity index (χ4n) is 2.22. The Morgan fingerprint density at radius 1 is 1.45 bits per heavy atom. The van der Waals surface area contributed by atoms with E-state index in [1.54, 1.807) is 0 Å². The summed E-state index contributed by atoms with van der Waals surface area (Å²) in [6.07, 6.45) is 1.58. The van der Waals surface area contributed by atoms with Crippen molar-refractivity contribution in [2.24, 2.45) is 18.7 Å².